The number of nitrogens with one attached hydrogen (secondary N) is 1. The molecule has 2 aliphatic rings. The molecule has 0 aliphatic heterocycles. The van der Waals surface area contributed by atoms with Gasteiger partial charge in [-0.2, -0.15) is 0 Å². The van der Waals surface area contributed by atoms with Crippen LogP contribution < -0.4 is 10.1 Å². The lowest BCUT2D eigenvalue weighted by molar-refractivity contribution is 0.182. The predicted octanol–water partition coefficient (Wildman–Crippen LogP) is 4.55. The van der Waals surface area contributed by atoms with E-state index < -0.39 is 0 Å². The predicted molar refractivity (Wildman–Crippen MR) is 87.7 cm³/mol. The first-order chi connectivity index (χ1) is 10.4. The minimum atomic E-state index is 0.745. The van der Waals surface area contributed by atoms with Gasteiger partial charge in [0, 0.05) is 12.1 Å². The van der Waals surface area contributed by atoms with Crippen molar-refractivity contribution in [3.8, 4) is 5.75 Å². The lowest BCUT2D eigenvalue weighted by Crippen LogP contribution is -2.41. The lowest BCUT2D eigenvalue weighted by Gasteiger charge is -2.33. The van der Waals surface area contributed by atoms with Crippen molar-refractivity contribution in [3.05, 3.63) is 30.3 Å². The van der Waals surface area contributed by atoms with E-state index in [1.54, 1.807) is 0 Å². The molecule has 2 aliphatic carbocycles. The second kappa shape index (κ2) is 7.84. The zero-order chi connectivity index (χ0) is 14.3. The van der Waals surface area contributed by atoms with Gasteiger partial charge in [0.05, 0.1) is 6.61 Å². The summed E-state index contributed by atoms with van der Waals surface area (Å²) in [5, 5.41) is 3.91. The van der Waals surface area contributed by atoms with E-state index in [0.717, 1.165) is 30.4 Å². The standard InChI is InChI=1S/C19H29NO/c1-3-7-17(8-4-1)20-18-13-11-16(12-14-18)15-21-19-9-5-2-6-10-19/h2,5-6,9-10,16-18,20H,1,3-4,7-8,11-15H2. The Kier molecular flexibility index (Phi) is 5.56. The summed E-state index contributed by atoms with van der Waals surface area (Å²) < 4.78 is 5.91. The molecule has 3 rings (SSSR count). The van der Waals surface area contributed by atoms with Crippen LogP contribution in [0.15, 0.2) is 30.3 Å². The number of hydrogen-bond acceptors (Lipinski definition) is 2. The molecule has 21 heavy (non-hydrogen) atoms. The Hall–Kier alpha value is -1.02. The van der Waals surface area contributed by atoms with Gasteiger partial charge in [0.1, 0.15) is 5.75 Å². The molecule has 2 nitrogen and oxygen atoms in total. The molecule has 0 amide bonds. The number of para-hydroxylation sites is 1. The van der Waals surface area contributed by atoms with Crippen molar-refractivity contribution in [2.75, 3.05) is 6.61 Å². The van der Waals surface area contributed by atoms with Crippen LogP contribution in [0.25, 0.3) is 0 Å². The Morgan fingerprint density at radius 2 is 1.48 bits per heavy atom. The van der Waals surface area contributed by atoms with Gasteiger partial charge in [-0.1, -0.05) is 37.5 Å². The molecule has 1 N–H and O–H groups in total. The molecule has 2 saturated carbocycles. The zero-order valence-corrected chi connectivity index (χ0v) is 13.1. The topological polar surface area (TPSA) is 21.3 Å². The Balaban J connectivity index is 1.35. The first-order valence-electron chi connectivity index (χ1n) is 8.84. The molecule has 0 saturated heterocycles. The van der Waals surface area contributed by atoms with E-state index in [0.29, 0.717) is 0 Å². The number of rotatable bonds is 5. The molecule has 2 heteroatoms. The summed E-state index contributed by atoms with van der Waals surface area (Å²) in [5.41, 5.74) is 0. The van der Waals surface area contributed by atoms with Gasteiger partial charge in [-0.3, -0.25) is 0 Å². The van der Waals surface area contributed by atoms with Crippen molar-refractivity contribution < 1.29 is 4.74 Å². The second-order valence-electron chi connectivity index (χ2n) is 6.84. The average Bonchev–Trinajstić information content (AvgIpc) is 2.56. The Morgan fingerprint density at radius 3 is 2.19 bits per heavy atom. The van der Waals surface area contributed by atoms with Gasteiger partial charge in [-0.25, -0.2) is 0 Å². The van der Waals surface area contributed by atoms with Gasteiger partial charge in [-0.15, -0.1) is 0 Å². The summed E-state index contributed by atoms with van der Waals surface area (Å²) in [6.45, 7) is 0.889. The molecule has 0 spiro atoms. The summed E-state index contributed by atoms with van der Waals surface area (Å²) in [6, 6.07) is 11.8. The fourth-order valence-electron chi connectivity index (χ4n) is 3.83. The highest BCUT2D eigenvalue weighted by molar-refractivity contribution is 5.20. The molecule has 0 heterocycles. The van der Waals surface area contributed by atoms with E-state index >= 15 is 0 Å². The van der Waals surface area contributed by atoms with Crippen LogP contribution in [-0.4, -0.2) is 18.7 Å². The first kappa shape index (κ1) is 14.9. The number of benzene rings is 1. The summed E-state index contributed by atoms with van der Waals surface area (Å²) in [5.74, 6) is 1.76. The largest absolute Gasteiger partial charge is 0.493 e. The molecule has 1 aromatic carbocycles. The highest BCUT2D eigenvalue weighted by Crippen LogP contribution is 2.27. The van der Waals surface area contributed by atoms with E-state index in [1.165, 1.54) is 57.8 Å². The maximum atomic E-state index is 5.91. The van der Waals surface area contributed by atoms with Crippen LogP contribution in [0.5, 0.6) is 5.75 Å². The highest BCUT2D eigenvalue weighted by atomic mass is 16.5. The van der Waals surface area contributed by atoms with E-state index in [4.69, 9.17) is 4.74 Å². The SMILES string of the molecule is c1ccc(OCC2CCC(NC3CCCCC3)CC2)cc1. The van der Waals surface area contributed by atoms with Crippen LogP contribution in [-0.2, 0) is 0 Å². The molecule has 0 bridgehead atoms. The van der Waals surface area contributed by atoms with Crippen LogP contribution in [0.2, 0.25) is 0 Å². The second-order valence-corrected chi connectivity index (χ2v) is 6.84. The van der Waals surface area contributed by atoms with Crippen LogP contribution in [0.1, 0.15) is 57.8 Å². The summed E-state index contributed by atoms with van der Waals surface area (Å²) in [7, 11) is 0. The molecular weight excluding hydrogens is 258 g/mol. The zero-order valence-electron chi connectivity index (χ0n) is 13.1. The summed E-state index contributed by atoms with van der Waals surface area (Å²) in [4.78, 5) is 0. The Labute approximate surface area is 129 Å². The van der Waals surface area contributed by atoms with E-state index in [2.05, 4.69) is 17.4 Å². The van der Waals surface area contributed by atoms with Gasteiger partial charge in [0.2, 0.25) is 0 Å². The van der Waals surface area contributed by atoms with Crippen molar-refractivity contribution in [1.82, 2.24) is 5.32 Å². The molecule has 2 fully saturated rings. The van der Waals surface area contributed by atoms with Gasteiger partial charge in [0.15, 0.2) is 0 Å². The normalized spacial score (nSPS) is 27.4. The lowest BCUT2D eigenvalue weighted by atomic mass is 9.85. The average molecular weight is 287 g/mol. The van der Waals surface area contributed by atoms with E-state index in [1.807, 2.05) is 18.2 Å². The fraction of sp³-hybridized carbons (Fsp3) is 0.684. The minimum absolute atomic E-state index is 0.745. The maximum Gasteiger partial charge on any atom is 0.119 e. The molecule has 0 unspecified atom stereocenters. The summed E-state index contributed by atoms with van der Waals surface area (Å²) in [6.07, 6.45) is 12.4. The third-order valence-electron chi connectivity index (χ3n) is 5.15. The van der Waals surface area contributed by atoms with Crippen LogP contribution in [0.3, 0.4) is 0 Å². The quantitative estimate of drug-likeness (QED) is 0.858. The van der Waals surface area contributed by atoms with Crippen molar-refractivity contribution in [2.24, 2.45) is 5.92 Å². The molecule has 0 aromatic heterocycles. The van der Waals surface area contributed by atoms with Crippen LogP contribution in [0.4, 0.5) is 0 Å². The number of hydrogen-bond donors (Lipinski definition) is 1. The summed E-state index contributed by atoms with van der Waals surface area (Å²) >= 11 is 0. The third kappa shape index (κ3) is 4.74. The van der Waals surface area contributed by atoms with Crippen molar-refractivity contribution in [3.63, 3.8) is 0 Å². The van der Waals surface area contributed by atoms with Gasteiger partial charge >= 0.3 is 0 Å². The van der Waals surface area contributed by atoms with Crippen molar-refractivity contribution in [1.29, 1.82) is 0 Å². The van der Waals surface area contributed by atoms with Crippen LogP contribution >= 0.6 is 0 Å². The van der Waals surface area contributed by atoms with Gasteiger partial charge < -0.3 is 10.1 Å². The van der Waals surface area contributed by atoms with Crippen LogP contribution in [0, 0.1) is 5.92 Å². The fourth-order valence-corrected chi connectivity index (χ4v) is 3.83. The van der Waals surface area contributed by atoms with Gasteiger partial charge in [-0.05, 0) is 56.6 Å². The minimum Gasteiger partial charge on any atom is -0.493 e. The molecule has 116 valence electrons. The Morgan fingerprint density at radius 1 is 0.810 bits per heavy atom. The third-order valence-corrected chi connectivity index (χ3v) is 5.15. The monoisotopic (exact) mass is 287 g/mol. The highest BCUT2D eigenvalue weighted by Gasteiger charge is 2.24. The van der Waals surface area contributed by atoms with E-state index in [9.17, 15) is 0 Å². The first-order valence-corrected chi connectivity index (χ1v) is 8.84. The van der Waals surface area contributed by atoms with Crippen molar-refractivity contribution >= 4 is 0 Å². The molecule has 0 radical (unpaired) electrons. The van der Waals surface area contributed by atoms with E-state index in [-0.39, 0.29) is 0 Å². The smallest absolute Gasteiger partial charge is 0.119 e. The number of ether oxygens (including phenoxy) is 1. The van der Waals surface area contributed by atoms with Gasteiger partial charge in [0.25, 0.3) is 0 Å². The Bertz CT molecular complexity index is 391. The molecular formula is C19H29NO. The molecule has 0 atom stereocenters. The molecule has 1 aromatic rings. The maximum absolute atomic E-state index is 5.91. The van der Waals surface area contributed by atoms with Crippen molar-refractivity contribution in [2.45, 2.75) is 69.9 Å².